The van der Waals surface area contributed by atoms with Gasteiger partial charge in [0.2, 0.25) is 0 Å². The standard InChI is InChI=1S/2C18H15P.3C16H16N3.C16H15N3.2CH3.2Ag.4ClH.2Ru.H2.H/c2*1-4-10-16(11-5-1)19(17-12-6-2-7-13-17)18-14-8-3-9-15-18;4*1-18-16(15-10-6-3-7-11-15)13-19(17-18)12-14-8-4-2-5-9-14;;;;;;;;;;;;/h2*1-15H;3*2-11,17H,12H2,1H3;2-10,17H,12H2,1H3;2*1H3;;;4*1H;;;1H;/q;;3*-1;-2;2*-1;;+2;;;;;+3;+4;;/p-2. The average Bonchev–Trinajstić information content (AvgIpc) is 1.37. The van der Waals surface area contributed by atoms with Gasteiger partial charge in [0.25, 0.3) is 0 Å². The van der Waals surface area contributed by atoms with Crippen LogP contribution in [0, 0.1) is 45.7 Å². The zero-order chi connectivity index (χ0) is 84.9. The summed E-state index contributed by atoms with van der Waals surface area (Å²) in [6, 6.07) is 148. The van der Waals surface area contributed by atoms with Crippen LogP contribution in [0.5, 0.6) is 0 Å². The monoisotopic (exact) mass is 2120 g/mol. The first-order valence-electron chi connectivity index (χ1n) is 38.7. The van der Waals surface area contributed by atoms with Crippen molar-refractivity contribution in [3.63, 3.8) is 0 Å². The molecule has 4 N–H and O–H groups in total. The minimum atomic E-state index is -0.877. The van der Waals surface area contributed by atoms with Crippen LogP contribution in [0.1, 0.15) is 45.9 Å². The number of hydrogen-bond donors (Lipinski definition) is 4. The number of hydrazine groups is 8. The van der Waals surface area contributed by atoms with Gasteiger partial charge in [-0.05, 0) is 95.1 Å². The van der Waals surface area contributed by atoms with Gasteiger partial charge in [-0.25, -0.2) is 12.1 Å². The Balaban J connectivity index is 0.000000227. The topological polar surface area (TPSA) is 74.0 Å². The summed E-state index contributed by atoms with van der Waals surface area (Å²) in [7, 11) is 25.0. The molecule has 0 unspecified atom stereocenters. The van der Waals surface area contributed by atoms with Gasteiger partial charge >= 0.3 is 90.0 Å². The summed E-state index contributed by atoms with van der Waals surface area (Å²) in [4.78, 5) is 0. The minimum absolute atomic E-state index is 0. The van der Waals surface area contributed by atoms with Crippen molar-refractivity contribution in [1.82, 2.24) is 62.2 Å². The van der Waals surface area contributed by atoms with Crippen LogP contribution in [-0.2, 0) is 101 Å². The Labute approximate surface area is 801 Å². The molecule has 18 rings (SSSR count). The van der Waals surface area contributed by atoms with Gasteiger partial charge in [-0.2, -0.15) is 46.2 Å². The zero-order valence-corrected chi connectivity index (χ0v) is 81.2. The minimum Gasteiger partial charge on any atom is -0.0620 e. The molecule has 0 saturated carbocycles. The fraction of sp³-hybridized carbons (Fsp3) is 0.0784. The smallest absolute Gasteiger partial charge is 0.0620 e. The molecule has 4 aliphatic heterocycles. The van der Waals surface area contributed by atoms with Gasteiger partial charge in [0.05, 0.1) is 15.8 Å². The molecule has 0 aliphatic carbocycles. The molecule has 22 heteroatoms. The normalized spacial score (nSPS) is 12.5. The van der Waals surface area contributed by atoms with E-state index in [9.17, 15) is 0 Å². The van der Waals surface area contributed by atoms with Crippen molar-refractivity contribution < 1.29 is 76.0 Å². The fourth-order valence-corrected chi connectivity index (χ4v) is 18.3. The molecule has 0 aromatic heterocycles. The molecule has 1 radical (unpaired) electrons. The summed E-state index contributed by atoms with van der Waals surface area (Å²) >= 11 is 3.46. The zero-order valence-electron chi connectivity index (χ0n) is 69.6. The second kappa shape index (κ2) is 58.3. The second-order valence-electron chi connectivity index (χ2n) is 27.1. The van der Waals surface area contributed by atoms with Gasteiger partial charge in [-0.1, -0.05) is 302 Å². The van der Waals surface area contributed by atoms with E-state index in [4.69, 9.17) is 18.4 Å². The van der Waals surface area contributed by atoms with Gasteiger partial charge < -0.3 is 54.9 Å². The van der Waals surface area contributed by atoms with Crippen molar-refractivity contribution in [1.29, 1.82) is 0 Å². The number of benzene rings is 14. The fourth-order valence-electron chi connectivity index (χ4n) is 13.2. The maximum atomic E-state index is 4.79. The van der Waals surface area contributed by atoms with Crippen molar-refractivity contribution in [3.8, 4) is 0 Å². The number of nitrogens with one attached hydrogen (secondary N) is 4. The van der Waals surface area contributed by atoms with Crippen molar-refractivity contribution in [2.75, 3.05) is 28.2 Å². The van der Waals surface area contributed by atoms with Gasteiger partial charge in [-0.15, -0.1) is 77.8 Å². The van der Waals surface area contributed by atoms with E-state index in [-0.39, 0.29) is 56.3 Å². The first-order chi connectivity index (χ1) is 59.6. The number of halogens is 4. The molecule has 4 heterocycles. The summed E-state index contributed by atoms with van der Waals surface area (Å²) in [5.74, 6) is 0. The molecule has 4 aliphatic rings. The maximum absolute atomic E-state index is 4.79. The second-order valence-corrected chi connectivity index (χ2v) is 34.3. The summed E-state index contributed by atoms with van der Waals surface area (Å²) in [5, 5.41) is 24.4. The van der Waals surface area contributed by atoms with Crippen LogP contribution >= 0.6 is 53.6 Å². The summed E-state index contributed by atoms with van der Waals surface area (Å²) in [5.41, 5.74) is 26.7. The molecule has 648 valence electrons. The predicted molar refractivity (Wildman–Crippen MR) is 516 cm³/mol. The molecule has 0 amide bonds. The average molecular weight is 2120 g/mol. The Bertz CT molecular complexity index is 4560. The third-order valence-corrected chi connectivity index (χ3v) is 24.1. The van der Waals surface area contributed by atoms with E-state index in [1.165, 1.54) is 54.1 Å². The van der Waals surface area contributed by atoms with Crippen LogP contribution in [0.25, 0.3) is 22.8 Å². The van der Waals surface area contributed by atoms with Crippen LogP contribution in [0.15, 0.2) is 419 Å². The number of rotatable bonds is 18. The Morgan fingerprint density at radius 3 is 0.645 bits per heavy atom. The van der Waals surface area contributed by atoms with E-state index in [1.54, 1.807) is 17.3 Å². The third kappa shape index (κ3) is 33.1. The van der Waals surface area contributed by atoms with Crippen LogP contribution in [0.3, 0.4) is 0 Å². The molecule has 14 aromatic carbocycles. The van der Waals surface area contributed by atoms with Crippen molar-refractivity contribution in [3.05, 3.63) is 509 Å². The number of nitrogens with zero attached hydrogens (tertiary/aromatic N) is 8. The summed E-state index contributed by atoms with van der Waals surface area (Å²) in [6.45, 7) is 3.16. The largest absolute Gasteiger partial charge is 0.102 e. The summed E-state index contributed by atoms with van der Waals surface area (Å²) < 4.78 is 0. The van der Waals surface area contributed by atoms with Crippen molar-refractivity contribution in [2.24, 2.45) is 0 Å². The van der Waals surface area contributed by atoms with E-state index >= 15 is 0 Å². The van der Waals surface area contributed by atoms with E-state index < -0.39 is 15.8 Å². The first-order valence-corrected chi connectivity index (χ1v) is 50.2. The Hall–Kier alpha value is -8.97. The molecular weight excluding hydrogens is 2010 g/mol. The quantitative estimate of drug-likeness (QED) is 0.0376. The summed E-state index contributed by atoms with van der Waals surface area (Å²) in [6.07, 6.45) is 13.4. The SMILES string of the molecule is CN1NN(Cc2ccccc2)[C-]=C1c1[c-]cccc1.CN1NN(Cc2ccccc2)[C-]=C1c1ccccc1.CN1NN(Cc2ccccc2)[C-]=C1c1ccccc1.CN1NN(Cc2ccccc2)[C-]=C1c1ccccc1.[Ag].[CH3-].[CH3-].[Cl][Ag][Cl].[Cl][Ru+3].[Cl][RuH+2].[HH].c1ccc([PH+](c2ccccc2)c2ccccc2)cc1.c1ccc([PH+](c2ccccc2)c2ccccc2)cc1. The van der Waals surface area contributed by atoms with Crippen LogP contribution in [-0.4, -0.2) is 68.3 Å². The Morgan fingerprint density at radius 1 is 0.282 bits per heavy atom. The van der Waals surface area contributed by atoms with Crippen molar-refractivity contribution in [2.45, 2.75) is 26.2 Å². The molecule has 0 bridgehead atoms. The van der Waals surface area contributed by atoms with Crippen LogP contribution < -0.4 is 54.0 Å². The van der Waals surface area contributed by atoms with Gasteiger partial charge in [0, 0.05) is 78.2 Å². The molecular formula is C102H104Ag2Cl4N12P2Ru2. The maximum Gasteiger partial charge on any atom is 0.102 e. The molecule has 14 aromatic rings. The Kier molecular flexibility index (Phi) is 48.0. The van der Waals surface area contributed by atoms with Gasteiger partial charge in [0.1, 0.15) is 31.8 Å². The van der Waals surface area contributed by atoms with E-state index in [0.29, 0.717) is 0 Å². The van der Waals surface area contributed by atoms with Crippen molar-refractivity contribution >= 4 is 108 Å². The van der Waals surface area contributed by atoms with Crippen LogP contribution in [0.2, 0.25) is 0 Å². The van der Waals surface area contributed by atoms with Gasteiger partial charge in [0.15, 0.2) is 0 Å². The Morgan fingerprint density at radius 2 is 0.452 bits per heavy atom. The van der Waals surface area contributed by atoms with E-state index in [1.807, 2.05) is 201 Å². The molecule has 0 atom stereocenters. The van der Waals surface area contributed by atoms with Gasteiger partial charge in [-0.3, -0.25) is 5.56 Å². The number of hydrogen-bond acceptors (Lipinski definition) is 12. The molecule has 0 spiro atoms. The van der Waals surface area contributed by atoms with E-state index in [2.05, 4.69) is 376 Å². The molecule has 124 heavy (non-hydrogen) atoms. The predicted octanol–water partition coefficient (Wildman–Crippen LogP) is 20.4. The molecule has 12 nitrogen and oxygen atoms in total. The van der Waals surface area contributed by atoms with E-state index in [0.717, 1.165) is 71.2 Å². The van der Waals surface area contributed by atoms with Crippen LogP contribution in [0.4, 0.5) is 0 Å². The molecule has 0 fully saturated rings. The molecule has 0 saturated heterocycles. The first kappa shape index (κ1) is 102. The third-order valence-electron chi connectivity index (χ3n) is 18.6.